The van der Waals surface area contributed by atoms with Gasteiger partial charge < -0.3 is 10.6 Å². The first-order valence-corrected chi connectivity index (χ1v) is 10.1. The van der Waals surface area contributed by atoms with E-state index in [4.69, 9.17) is 0 Å². The van der Waals surface area contributed by atoms with Crippen LogP contribution in [0.1, 0.15) is 63.1 Å². The first-order chi connectivity index (χ1) is 13.4. The van der Waals surface area contributed by atoms with Crippen LogP contribution in [-0.2, 0) is 22.6 Å². The van der Waals surface area contributed by atoms with Crippen molar-refractivity contribution in [2.45, 2.75) is 59.4 Å². The summed E-state index contributed by atoms with van der Waals surface area (Å²) in [5.74, 6) is 0.551. The van der Waals surface area contributed by atoms with E-state index in [1.165, 1.54) is 11.1 Å². The lowest BCUT2D eigenvalue weighted by atomic mass is 10.0. The van der Waals surface area contributed by atoms with Crippen molar-refractivity contribution in [1.82, 2.24) is 5.32 Å². The Morgan fingerprint density at radius 2 is 1.68 bits per heavy atom. The second-order valence-electron chi connectivity index (χ2n) is 7.67. The second-order valence-corrected chi connectivity index (χ2v) is 7.67. The van der Waals surface area contributed by atoms with Gasteiger partial charge in [-0.3, -0.25) is 9.59 Å². The van der Waals surface area contributed by atoms with Crippen molar-refractivity contribution in [2.75, 3.05) is 5.32 Å². The van der Waals surface area contributed by atoms with Gasteiger partial charge in [0.1, 0.15) is 0 Å². The van der Waals surface area contributed by atoms with Gasteiger partial charge in [-0.15, -0.1) is 0 Å². The zero-order chi connectivity index (χ0) is 20.5. The predicted molar refractivity (Wildman–Crippen MR) is 115 cm³/mol. The molecule has 0 spiro atoms. The quantitative estimate of drug-likeness (QED) is 0.640. The predicted octanol–water partition coefficient (Wildman–Crippen LogP) is 5.04. The molecule has 0 bridgehead atoms. The smallest absolute Gasteiger partial charge is 0.227 e. The lowest BCUT2D eigenvalue weighted by molar-refractivity contribution is -0.121. The van der Waals surface area contributed by atoms with E-state index in [-0.39, 0.29) is 17.7 Å². The fraction of sp³-hybridized carbons (Fsp3) is 0.417. The van der Waals surface area contributed by atoms with Crippen LogP contribution in [0.3, 0.4) is 0 Å². The zero-order valence-electron chi connectivity index (χ0n) is 17.4. The average Bonchev–Trinajstić information content (AvgIpc) is 2.70. The number of nitrogens with one attached hydrogen (secondary N) is 2. The number of hydrogen-bond acceptors (Lipinski definition) is 2. The lowest BCUT2D eigenvalue weighted by Gasteiger charge is -2.11. The third-order valence-electron chi connectivity index (χ3n) is 5.03. The fourth-order valence-corrected chi connectivity index (χ4v) is 2.83. The van der Waals surface area contributed by atoms with E-state index in [1.807, 2.05) is 38.1 Å². The van der Waals surface area contributed by atoms with Gasteiger partial charge in [-0.05, 0) is 47.6 Å². The van der Waals surface area contributed by atoms with Crippen LogP contribution in [-0.4, -0.2) is 11.8 Å². The van der Waals surface area contributed by atoms with Crippen LogP contribution in [0.2, 0.25) is 0 Å². The van der Waals surface area contributed by atoms with Crippen LogP contribution >= 0.6 is 0 Å². The summed E-state index contributed by atoms with van der Waals surface area (Å²) in [6.45, 7) is 8.71. The molecule has 2 amide bonds. The minimum Gasteiger partial charge on any atom is -0.352 e. The number of hydrogen-bond donors (Lipinski definition) is 2. The molecule has 2 N–H and O–H groups in total. The number of benzene rings is 2. The molecule has 1 atom stereocenters. The van der Waals surface area contributed by atoms with Crippen molar-refractivity contribution < 1.29 is 9.59 Å². The van der Waals surface area contributed by atoms with E-state index in [9.17, 15) is 9.59 Å². The summed E-state index contributed by atoms with van der Waals surface area (Å²) >= 11 is 0. The molecule has 0 saturated carbocycles. The van der Waals surface area contributed by atoms with E-state index < -0.39 is 0 Å². The van der Waals surface area contributed by atoms with Crippen molar-refractivity contribution in [3.05, 3.63) is 65.2 Å². The van der Waals surface area contributed by atoms with Crippen molar-refractivity contribution in [3.63, 3.8) is 0 Å². The van der Waals surface area contributed by atoms with Gasteiger partial charge in [0.05, 0.1) is 0 Å². The number of carbonyl (C=O) groups excluding carboxylic acids is 2. The van der Waals surface area contributed by atoms with Gasteiger partial charge >= 0.3 is 0 Å². The third-order valence-corrected chi connectivity index (χ3v) is 5.03. The van der Waals surface area contributed by atoms with E-state index in [0.29, 0.717) is 18.9 Å². The normalized spacial score (nSPS) is 11.9. The molecule has 0 saturated heterocycles. The highest BCUT2D eigenvalue weighted by molar-refractivity contribution is 5.92. The van der Waals surface area contributed by atoms with Gasteiger partial charge in [-0.25, -0.2) is 0 Å². The van der Waals surface area contributed by atoms with E-state index >= 15 is 0 Å². The highest BCUT2D eigenvalue weighted by Crippen LogP contribution is 2.16. The molecule has 0 radical (unpaired) electrons. The van der Waals surface area contributed by atoms with Crippen molar-refractivity contribution in [2.24, 2.45) is 5.92 Å². The molecule has 2 aromatic carbocycles. The molecule has 0 aliphatic heterocycles. The minimum atomic E-state index is -0.0158. The van der Waals surface area contributed by atoms with Gasteiger partial charge in [0.15, 0.2) is 0 Å². The second kappa shape index (κ2) is 10.6. The maximum Gasteiger partial charge on any atom is 0.227 e. The highest BCUT2D eigenvalue weighted by Gasteiger charge is 2.10. The van der Waals surface area contributed by atoms with Gasteiger partial charge in [0.25, 0.3) is 0 Å². The Labute approximate surface area is 168 Å². The Hall–Kier alpha value is -2.62. The molecule has 2 aromatic rings. The van der Waals surface area contributed by atoms with Gasteiger partial charge in [0, 0.05) is 24.6 Å². The van der Waals surface area contributed by atoms with Crippen LogP contribution < -0.4 is 10.6 Å². The molecule has 0 aliphatic rings. The van der Waals surface area contributed by atoms with E-state index in [1.54, 1.807) is 0 Å². The maximum absolute atomic E-state index is 12.2. The molecule has 0 heterocycles. The number of rotatable bonds is 9. The van der Waals surface area contributed by atoms with Crippen molar-refractivity contribution >= 4 is 17.5 Å². The zero-order valence-corrected chi connectivity index (χ0v) is 17.4. The Morgan fingerprint density at radius 1 is 0.964 bits per heavy atom. The van der Waals surface area contributed by atoms with Crippen LogP contribution in [0.5, 0.6) is 0 Å². The van der Waals surface area contributed by atoms with Crippen molar-refractivity contribution in [1.29, 1.82) is 0 Å². The summed E-state index contributed by atoms with van der Waals surface area (Å²) in [6.07, 6.45) is 2.00. The van der Waals surface area contributed by atoms with Crippen LogP contribution in [0, 0.1) is 5.92 Å². The first-order valence-electron chi connectivity index (χ1n) is 10.1. The summed E-state index contributed by atoms with van der Waals surface area (Å²) in [6, 6.07) is 16.1. The molecule has 1 unspecified atom stereocenters. The van der Waals surface area contributed by atoms with Gasteiger partial charge in [0.2, 0.25) is 11.8 Å². The summed E-state index contributed by atoms with van der Waals surface area (Å²) < 4.78 is 0. The standard InChI is InChI=1S/C24H32N2O2/c1-5-18(4)24(28)26-22-8-6-7-20(15-22)16-25-23(27)14-11-19-9-12-21(13-10-19)17(2)3/h6-10,12-13,15,17-18H,5,11,14,16H2,1-4H3,(H,25,27)(H,26,28). The molecule has 28 heavy (non-hydrogen) atoms. The first kappa shape index (κ1) is 21.7. The number of carbonyl (C=O) groups is 2. The third kappa shape index (κ3) is 6.84. The maximum atomic E-state index is 12.2. The van der Waals surface area contributed by atoms with Crippen LogP contribution in [0.4, 0.5) is 5.69 Å². The van der Waals surface area contributed by atoms with Crippen molar-refractivity contribution in [3.8, 4) is 0 Å². The van der Waals surface area contributed by atoms with Gasteiger partial charge in [-0.1, -0.05) is 64.1 Å². The number of aryl methyl sites for hydroxylation is 1. The minimum absolute atomic E-state index is 0.0158. The molecule has 150 valence electrons. The summed E-state index contributed by atoms with van der Waals surface area (Å²) in [5, 5.41) is 5.89. The molecular weight excluding hydrogens is 348 g/mol. The lowest BCUT2D eigenvalue weighted by Crippen LogP contribution is -2.23. The number of amides is 2. The Balaban J connectivity index is 1.80. The molecule has 4 nitrogen and oxygen atoms in total. The SMILES string of the molecule is CCC(C)C(=O)Nc1cccc(CNC(=O)CCc2ccc(C(C)C)cc2)c1. The number of anilines is 1. The Kier molecular flexibility index (Phi) is 8.24. The monoisotopic (exact) mass is 380 g/mol. The summed E-state index contributed by atoms with van der Waals surface area (Å²) in [5.41, 5.74) is 4.22. The molecule has 2 rings (SSSR count). The fourth-order valence-electron chi connectivity index (χ4n) is 2.83. The molecule has 4 heteroatoms. The summed E-state index contributed by atoms with van der Waals surface area (Å²) in [7, 11) is 0. The molecular formula is C24H32N2O2. The van der Waals surface area contributed by atoms with Gasteiger partial charge in [-0.2, -0.15) is 0 Å². The average molecular weight is 381 g/mol. The topological polar surface area (TPSA) is 58.2 Å². The molecule has 0 fully saturated rings. The van der Waals surface area contributed by atoms with E-state index in [2.05, 4.69) is 48.7 Å². The van der Waals surface area contributed by atoms with Crippen LogP contribution in [0.25, 0.3) is 0 Å². The molecule has 0 aliphatic carbocycles. The summed E-state index contributed by atoms with van der Waals surface area (Å²) in [4.78, 5) is 24.2. The highest BCUT2D eigenvalue weighted by atomic mass is 16.2. The van der Waals surface area contributed by atoms with Crippen LogP contribution in [0.15, 0.2) is 48.5 Å². The van der Waals surface area contributed by atoms with E-state index in [0.717, 1.165) is 24.1 Å². The molecule has 0 aromatic heterocycles. The Bertz CT molecular complexity index is 781. The largest absolute Gasteiger partial charge is 0.352 e. The Morgan fingerprint density at radius 3 is 2.32 bits per heavy atom.